The zero-order valence-corrected chi connectivity index (χ0v) is 7.64. The van der Waals surface area contributed by atoms with Crippen LogP contribution in [0.15, 0.2) is 0 Å². The number of rotatable bonds is 2. The summed E-state index contributed by atoms with van der Waals surface area (Å²) in [6, 6.07) is 0. The van der Waals surface area contributed by atoms with Crippen LogP contribution in [0.4, 0.5) is 0 Å². The van der Waals surface area contributed by atoms with Gasteiger partial charge in [-0.2, -0.15) is 0 Å². The second-order valence-corrected chi connectivity index (χ2v) is 4.18. The molecule has 0 amide bonds. The first-order valence-corrected chi connectivity index (χ1v) is 4.80. The zero-order chi connectivity index (χ0) is 8.66. The van der Waals surface area contributed by atoms with Gasteiger partial charge < -0.3 is 9.53 Å². The van der Waals surface area contributed by atoms with Gasteiger partial charge in [0.25, 0.3) is 0 Å². The van der Waals surface area contributed by atoms with E-state index in [2.05, 4.69) is 0 Å². The molecule has 0 unspecified atom stereocenters. The molecule has 2 saturated carbocycles. The molecule has 12 heavy (non-hydrogen) atoms. The van der Waals surface area contributed by atoms with Gasteiger partial charge in [-0.05, 0) is 38.5 Å². The molecule has 2 heteroatoms. The van der Waals surface area contributed by atoms with E-state index in [1.807, 2.05) is 0 Å². The number of hydrogen-bond acceptors (Lipinski definition) is 2. The first kappa shape index (κ1) is 8.24. The summed E-state index contributed by atoms with van der Waals surface area (Å²) in [5, 5.41) is 0. The highest BCUT2D eigenvalue weighted by molar-refractivity contribution is 5.63. The van der Waals surface area contributed by atoms with Gasteiger partial charge in [-0.25, -0.2) is 0 Å². The van der Waals surface area contributed by atoms with Gasteiger partial charge in [0.2, 0.25) is 0 Å². The van der Waals surface area contributed by atoms with E-state index < -0.39 is 0 Å². The maximum absolute atomic E-state index is 11.1. The summed E-state index contributed by atoms with van der Waals surface area (Å²) in [4.78, 5) is 11.1. The minimum atomic E-state index is -0.109. The number of carbonyl (C=O) groups is 1. The molecule has 2 aliphatic rings. The van der Waals surface area contributed by atoms with Crippen molar-refractivity contribution >= 4 is 6.29 Å². The van der Waals surface area contributed by atoms with E-state index in [0.717, 1.165) is 44.8 Å². The fourth-order valence-electron chi connectivity index (χ4n) is 3.21. The third-order valence-corrected chi connectivity index (χ3v) is 3.93. The Hall–Kier alpha value is -0.370. The standard InChI is InChI=1S/C10H16O2/c1-12-10-6-2-4-9(10,8-11)5-3-7-10/h8H,2-7H2,1H3. The van der Waals surface area contributed by atoms with E-state index in [1.54, 1.807) is 7.11 Å². The molecular weight excluding hydrogens is 152 g/mol. The molecule has 2 nitrogen and oxygen atoms in total. The van der Waals surface area contributed by atoms with Crippen molar-refractivity contribution in [2.75, 3.05) is 7.11 Å². The maximum Gasteiger partial charge on any atom is 0.129 e. The van der Waals surface area contributed by atoms with Crippen molar-refractivity contribution in [3.05, 3.63) is 0 Å². The Kier molecular flexibility index (Phi) is 1.76. The number of aldehydes is 1. The van der Waals surface area contributed by atoms with Gasteiger partial charge in [-0.1, -0.05) is 0 Å². The van der Waals surface area contributed by atoms with Crippen molar-refractivity contribution in [2.24, 2.45) is 5.41 Å². The van der Waals surface area contributed by atoms with E-state index in [4.69, 9.17) is 4.74 Å². The van der Waals surface area contributed by atoms with E-state index >= 15 is 0 Å². The van der Waals surface area contributed by atoms with Crippen molar-refractivity contribution in [3.8, 4) is 0 Å². The number of methoxy groups -OCH3 is 1. The predicted molar refractivity (Wildman–Crippen MR) is 45.9 cm³/mol. The van der Waals surface area contributed by atoms with Crippen molar-refractivity contribution < 1.29 is 9.53 Å². The summed E-state index contributed by atoms with van der Waals surface area (Å²) < 4.78 is 5.59. The predicted octanol–water partition coefficient (Wildman–Crippen LogP) is 1.92. The Bertz CT molecular complexity index is 188. The average Bonchev–Trinajstić information content (AvgIpc) is 2.58. The molecule has 0 atom stereocenters. The largest absolute Gasteiger partial charge is 0.377 e. The van der Waals surface area contributed by atoms with Gasteiger partial charge >= 0.3 is 0 Å². The second kappa shape index (κ2) is 2.56. The van der Waals surface area contributed by atoms with Crippen LogP contribution in [0.1, 0.15) is 38.5 Å². The maximum atomic E-state index is 11.1. The van der Waals surface area contributed by atoms with Crippen molar-refractivity contribution in [2.45, 2.75) is 44.1 Å². The monoisotopic (exact) mass is 168 g/mol. The highest BCUT2D eigenvalue weighted by Crippen LogP contribution is 2.57. The van der Waals surface area contributed by atoms with Crippen LogP contribution in [-0.2, 0) is 9.53 Å². The number of carbonyl (C=O) groups excluding carboxylic acids is 1. The molecule has 0 aromatic rings. The highest BCUT2D eigenvalue weighted by Gasteiger charge is 2.58. The lowest BCUT2D eigenvalue weighted by Gasteiger charge is -2.35. The SMILES string of the molecule is COC12CCCC1(C=O)CCC2. The van der Waals surface area contributed by atoms with E-state index in [1.165, 1.54) is 0 Å². The molecule has 0 bridgehead atoms. The van der Waals surface area contributed by atoms with Crippen LogP contribution in [0.3, 0.4) is 0 Å². The lowest BCUT2D eigenvalue weighted by molar-refractivity contribution is -0.131. The topological polar surface area (TPSA) is 26.3 Å². The molecule has 0 aromatic carbocycles. The van der Waals surface area contributed by atoms with Crippen LogP contribution in [0.25, 0.3) is 0 Å². The molecule has 0 radical (unpaired) electrons. The molecule has 2 aliphatic carbocycles. The second-order valence-electron chi connectivity index (χ2n) is 4.18. The van der Waals surface area contributed by atoms with Crippen LogP contribution in [0, 0.1) is 5.41 Å². The first-order chi connectivity index (χ1) is 5.79. The van der Waals surface area contributed by atoms with Gasteiger partial charge in [-0.15, -0.1) is 0 Å². The summed E-state index contributed by atoms with van der Waals surface area (Å²) in [5.41, 5.74) is -0.184. The molecule has 0 saturated heterocycles. The van der Waals surface area contributed by atoms with Crippen molar-refractivity contribution in [1.82, 2.24) is 0 Å². The highest BCUT2D eigenvalue weighted by atomic mass is 16.5. The smallest absolute Gasteiger partial charge is 0.129 e. The van der Waals surface area contributed by atoms with Gasteiger partial charge in [0, 0.05) is 7.11 Å². The lowest BCUT2D eigenvalue weighted by Crippen LogP contribution is -2.41. The van der Waals surface area contributed by atoms with Gasteiger partial charge in [-0.3, -0.25) is 0 Å². The van der Waals surface area contributed by atoms with E-state index in [-0.39, 0.29) is 11.0 Å². The summed E-state index contributed by atoms with van der Waals surface area (Å²) >= 11 is 0. The molecule has 2 fully saturated rings. The van der Waals surface area contributed by atoms with Gasteiger partial charge in [0.15, 0.2) is 0 Å². The van der Waals surface area contributed by atoms with Crippen molar-refractivity contribution in [1.29, 1.82) is 0 Å². The van der Waals surface area contributed by atoms with Crippen LogP contribution in [0.5, 0.6) is 0 Å². The molecule has 0 aromatic heterocycles. The Morgan fingerprint density at radius 1 is 1.17 bits per heavy atom. The normalized spacial score (nSPS) is 46.1. The van der Waals surface area contributed by atoms with E-state index in [0.29, 0.717) is 0 Å². The minimum Gasteiger partial charge on any atom is -0.377 e. The third kappa shape index (κ3) is 0.764. The lowest BCUT2D eigenvalue weighted by atomic mass is 9.78. The van der Waals surface area contributed by atoms with Crippen LogP contribution in [0.2, 0.25) is 0 Å². The zero-order valence-electron chi connectivity index (χ0n) is 7.64. The number of fused-ring (bicyclic) bond motifs is 1. The van der Waals surface area contributed by atoms with E-state index in [9.17, 15) is 4.79 Å². The molecule has 68 valence electrons. The average molecular weight is 168 g/mol. The summed E-state index contributed by atoms with van der Waals surface area (Å²) in [5.74, 6) is 0. The third-order valence-electron chi connectivity index (χ3n) is 3.93. The number of hydrogen-bond donors (Lipinski definition) is 0. The number of ether oxygens (including phenoxy) is 1. The molecule has 0 N–H and O–H groups in total. The molecule has 0 heterocycles. The Morgan fingerprint density at radius 3 is 2.08 bits per heavy atom. The van der Waals surface area contributed by atoms with Gasteiger partial charge in [0.1, 0.15) is 6.29 Å². The summed E-state index contributed by atoms with van der Waals surface area (Å²) in [6.45, 7) is 0. The molecular formula is C10H16O2. The van der Waals surface area contributed by atoms with Crippen LogP contribution >= 0.6 is 0 Å². The Balaban J connectivity index is 2.34. The van der Waals surface area contributed by atoms with Gasteiger partial charge in [0.05, 0.1) is 11.0 Å². The quantitative estimate of drug-likeness (QED) is 0.589. The molecule has 0 aliphatic heterocycles. The minimum absolute atomic E-state index is 0.0747. The van der Waals surface area contributed by atoms with Crippen LogP contribution < -0.4 is 0 Å². The summed E-state index contributed by atoms with van der Waals surface area (Å²) in [6.07, 6.45) is 7.74. The Morgan fingerprint density at radius 2 is 1.75 bits per heavy atom. The molecule has 2 rings (SSSR count). The fraction of sp³-hybridized carbons (Fsp3) is 0.900. The fourth-order valence-corrected chi connectivity index (χ4v) is 3.21. The molecule has 0 spiro atoms. The summed E-state index contributed by atoms with van der Waals surface area (Å²) in [7, 11) is 1.76. The first-order valence-electron chi connectivity index (χ1n) is 4.80. The van der Waals surface area contributed by atoms with Crippen LogP contribution in [-0.4, -0.2) is 19.0 Å². The van der Waals surface area contributed by atoms with Crippen molar-refractivity contribution in [3.63, 3.8) is 0 Å². The Labute approximate surface area is 73.3 Å².